The highest BCUT2D eigenvalue weighted by molar-refractivity contribution is 6.02. The number of aliphatic hydroxyl groups is 1. The Balaban J connectivity index is 1.52. The molecular formula is C20H18FN7O4. The van der Waals surface area contributed by atoms with E-state index in [1.807, 2.05) is 6.07 Å². The first-order valence-corrected chi connectivity index (χ1v) is 9.99. The van der Waals surface area contributed by atoms with Gasteiger partial charge in [0.15, 0.2) is 17.2 Å². The third kappa shape index (κ3) is 3.37. The molecule has 2 fully saturated rings. The highest BCUT2D eigenvalue weighted by Gasteiger charge is 2.34. The van der Waals surface area contributed by atoms with Crippen LogP contribution in [0.4, 0.5) is 10.2 Å². The summed E-state index contributed by atoms with van der Waals surface area (Å²) in [7, 11) is 0. The summed E-state index contributed by atoms with van der Waals surface area (Å²) in [6, 6.07) is 3.94. The van der Waals surface area contributed by atoms with Crippen molar-refractivity contribution in [2.24, 2.45) is 0 Å². The fourth-order valence-corrected chi connectivity index (χ4v) is 3.96. The summed E-state index contributed by atoms with van der Waals surface area (Å²) in [5.41, 5.74) is 0.323. The molecule has 1 aliphatic heterocycles. The lowest BCUT2D eigenvalue weighted by Crippen LogP contribution is -2.46. The summed E-state index contributed by atoms with van der Waals surface area (Å²) < 4.78 is 15.1. The Morgan fingerprint density at radius 2 is 2.22 bits per heavy atom. The number of fused-ring (bicyclic) bond motifs is 1. The number of anilines is 1. The van der Waals surface area contributed by atoms with Gasteiger partial charge in [0.1, 0.15) is 17.4 Å². The first-order chi connectivity index (χ1) is 15.4. The highest BCUT2D eigenvalue weighted by atomic mass is 19.1. The predicted molar refractivity (Wildman–Crippen MR) is 106 cm³/mol. The maximum absolute atomic E-state index is 13.7. The maximum Gasteiger partial charge on any atom is 0.258 e. The first-order valence-electron chi connectivity index (χ1n) is 9.99. The van der Waals surface area contributed by atoms with Crippen LogP contribution < -0.4 is 10.4 Å². The van der Waals surface area contributed by atoms with Crippen LogP contribution in [0.1, 0.15) is 46.9 Å². The number of amides is 1. The second kappa shape index (κ2) is 7.70. The maximum atomic E-state index is 13.7. The zero-order chi connectivity index (χ0) is 22.4. The number of halogens is 1. The molecule has 1 saturated heterocycles. The van der Waals surface area contributed by atoms with E-state index in [1.165, 1.54) is 21.8 Å². The van der Waals surface area contributed by atoms with Crippen molar-refractivity contribution in [1.82, 2.24) is 24.9 Å². The number of nitrogens with one attached hydrogen (secondary N) is 1. The van der Waals surface area contributed by atoms with E-state index in [4.69, 9.17) is 4.84 Å². The molecule has 32 heavy (non-hydrogen) atoms. The van der Waals surface area contributed by atoms with Gasteiger partial charge >= 0.3 is 0 Å². The van der Waals surface area contributed by atoms with Crippen LogP contribution in [-0.2, 0) is 4.84 Å². The average molecular weight is 439 g/mol. The van der Waals surface area contributed by atoms with Crippen molar-refractivity contribution in [1.29, 1.82) is 5.26 Å². The van der Waals surface area contributed by atoms with Crippen LogP contribution in [0.2, 0.25) is 0 Å². The van der Waals surface area contributed by atoms with E-state index in [9.17, 15) is 24.7 Å². The van der Waals surface area contributed by atoms with Crippen LogP contribution in [0.15, 0.2) is 24.5 Å². The Morgan fingerprint density at radius 1 is 1.41 bits per heavy atom. The van der Waals surface area contributed by atoms with Crippen molar-refractivity contribution in [3.05, 3.63) is 47.2 Å². The van der Waals surface area contributed by atoms with E-state index in [2.05, 4.69) is 20.4 Å². The number of hydrogen-bond donors (Lipinski definition) is 3. The van der Waals surface area contributed by atoms with Crippen LogP contribution >= 0.6 is 0 Å². The number of pyridine rings is 1. The molecule has 1 unspecified atom stereocenters. The molecule has 3 N–H and O–H groups in total. The molecule has 0 spiro atoms. The molecule has 1 amide bonds. The number of rotatable bonds is 4. The van der Waals surface area contributed by atoms with Gasteiger partial charge in [-0.25, -0.2) is 23.9 Å². The van der Waals surface area contributed by atoms with E-state index in [0.717, 1.165) is 6.20 Å². The van der Waals surface area contributed by atoms with Crippen molar-refractivity contribution in [3.63, 3.8) is 0 Å². The number of nitriles is 1. The number of aromatic hydroxyl groups is 1. The molecule has 3 aromatic heterocycles. The van der Waals surface area contributed by atoms with Gasteiger partial charge in [-0.1, -0.05) is 0 Å². The molecule has 3 aromatic rings. The number of carbonyl (C=O) groups is 1. The van der Waals surface area contributed by atoms with Gasteiger partial charge in [-0.2, -0.15) is 10.4 Å². The lowest BCUT2D eigenvalue weighted by molar-refractivity contribution is 0.0563. The lowest BCUT2D eigenvalue weighted by atomic mass is 9.89. The molecule has 0 radical (unpaired) electrons. The van der Waals surface area contributed by atoms with Crippen molar-refractivity contribution >= 4 is 17.4 Å². The van der Waals surface area contributed by atoms with Gasteiger partial charge in [0.05, 0.1) is 24.9 Å². The number of aliphatic hydroxyl groups excluding tert-OH is 1. The molecule has 5 rings (SSSR count). The lowest BCUT2D eigenvalue weighted by Gasteiger charge is -2.31. The third-order valence-corrected chi connectivity index (χ3v) is 5.60. The van der Waals surface area contributed by atoms with Gasteiger partial charge in [-0.15, -0.1) is 0 Å². The van der Waals surface area contributed by atoms with Gasteiger partial charge < -0.3 is 15.5 Å². The zero-order valence-electron chi connectivity index (χ0n) is 16.6. The van der Waals surface area contributed by atoms with Gasteiger partial charge in [-0.05, 0) is 18.9 Å². The van der Waals surface area contributed by atoms with E-state index in [0.29, 0.717) is 31.7 Å². The quantitative estimate of drug-likeness (QED) is 0.541. The predicted octanol–water partition coefficient (Wildman–Crippen LogP) is 0.977. The van der Waals surface area contributed by atoms with Gasteiger partial charge in [-0.3, -0.25) is 9.63 Å². The number of aromatic nitrogens is 4. The Labute approximate surface area is 180 Å². The first kappa shape index (κ1) is 20.1. The SMILES string of the molecule is N#Cc1nn2ccc(N3OCCC3c3cc(F)cnc3O)nc2c1C(=O)N[C@H]1C[C@H](O)C1. The summed E-state index contributed by atoms with van der Waals surface area (Å²) in [6.07, 6.45) is 3.35. The van der Waals surface area contributed by atoms with Crippen LogP contribution in [0.25, 0.3) is 5.65 Å². The fraction of sp³-hybridized carbons (Fsp3) is 0.350. The number of carbonyl (C=O) groups excluding carboxylic acids is 1. The summed E-state index contributed by atoms with van der Waals surface area (Å²) in [5, 5.41) is 37.3. The fourth-order valence-electron chi connectivity index (χ4n) is 3.96. The standard InChI is InChI=1S/C20H18FN7O4/c21-10-5-13(19(30)23-9-10)15-2-4-32-28(15)16-1-3-27-18(25-16)17(14(8-22)26-27)20(31)24-11-6-12(29)7-11/h1,3,5,9,11-12,15,29H,2,4,6-7H2,(H,23,30)(H,24,31)/t11-,12-,15?. The topological polar surface area (TPSA) is 149 Å². The molecule has 0 bridgehead atoms. The third-order valence-electron chi connectivity index (χ3n) is 5.60. The Bertz CT molecular complexity index is 1250. The molecule has 4 heterocycles. The molecule has 12 heteroatoms. The van der Waals surface area contributed by atoms with E-state index in [-0.39, 0.29) is 34.4 Å². The summed E-state index contributed by atoms with van der Waals surface area (Å²) in [6.45, 7) is 0.299. The minimum Gasteiger partial charge on any atom is -0.493 e. The zero-order valence-corrected chi connectivity index (χ0v) is 16.6. The molecule has 1 atom stereocenters. The van der Waals surface area contributed by atoms with E-state index in [1.54, 1.807) is 6.07 Å². The van der Waals surface area contributed by atoms with Crippen molar-refractivity contribution in [2.45, 2.75) is 37.5 Å². The molecule has 1 saturated carbocycles. The van der Waals surface area contributed by atoms with Crippen LogP contribution in [0, 0.1) is 17.1 Å². The van der Waals surface area contributed by atoms with E-state index >= 15 is 0 Å². The van der Waals surface area contributed by atoms with Gasteiger partial charge in [0, 0.05) is 30.3 Å². The second-order valence-corrected chi connectivity index (χ2v) is 7.71. The minimum atomic E-state index is -0.595. The normalized spacial score (nSPS) is 22.5. The molecule has 2 aliphatic rings. The second-order valence-electron chi connectivity index (χ2n) is 7.71. The van der Waals surface area contributed by atoms with Crippen molar-refractivity contribution in [3.8, 4) is 11.9 Å². The van der Waals surface area contributed by atoms with Crippen LogP contribution in [0.5, 0.6) is 5.88 Å². The Morgan fingerprint density at radius 3 is 2.97 bits per heavy atom. The number of hydrogen-bond acceptors (Lipinski definition) is 9. The minimum absolute atomic E-state index is 0.0155. The molecule has 0 aromatic carbocycles. The Hall–Kier alpha value is -3.82. The summed E-state index contributed by atoms with van der Waals surface area (Å²) >= 11 is 0. The number of hydroxylamine groups is 1. The molecular weight excluding hydrogens is 421 g/mol. The summed E-state index contributed by atoms with van der Waals surface area (Å²) in [5.74, 6) is -1.13. The van der Waals surface area contributed by atoms with E-state index < -0.39 is 23.9 Å². The van der Waals surface area contributed by atoms with Gasteiger partial charge in [0.2, 0.25) is 5.88 Å². The monoisotopic (exact) mass is 439 g/mol. The van der Waals surface area contributed by atoms with Crippen LogP contribution in [0.3, 0.4) is 0 Å². The van der Waals surface area contributed by atoms with Crippen LogP contribution in [-0.4, -0.2) is 54.5 Å². The number of nitrogens with zero attached hydrogens (tertiary/aromatic N) is 6. The van der Waals surface area contributed by atoms with Crippen molar-refractivity contribution in [2.75, 3.05) is 11.7 Å². The van der Waals surface area contributed by atoms with Gasteiger partial charge in [0.25, 0.3) is 5.91 Å². The highest BCUT2D eigenvalue weighted by Crippen LogP contribution is 2.37. The molecule has 1 aliphatic carbocycles. The largest absolute Gasteiger partial charge is 0.493 e. The summed E-state index contributed by atoms with van der Waals surface area (Å²) in [4.78, 5) is 26.7. The average Bonchev–Trinajstić information content (AvgIpc) is 3.38. The molecule has 11 nitrogen and oxygen atoms in total. The smallest absolute Gasteiger partial charge is 0.258 e. The van der Waals surface area contributed by atoms with Crippen molar-refractivity contribution < 1.29 is 24.2 Å². The Kier molecular flexibility index (Phi) is 4.84. The molecule has 164 valence electrons.